The first-order chi connectivity index (χ1) is 14.8. The monoisotopic (exact) mass is 437 g/mol. The van der Waals surface area contributed by atoms with Crippen LogP contribution in [0.2, 0.25) is 0 Å². The van der Waals surface area contributed by atoms with Crippen LogP contribution in [-0.4, -0.2) is 53.7 Å². The Kier molecular flexibility index (Phi) is 6.95. The second kappa shape index (κ2) is 9.82. The van der Waals surface area contributed by atoms with Gasteiger partial charge in [0.05, 0.1) is 12.2 Å². The van der Waals surface area contributed by atoms with E-state index in [9.17, 15) is 13.2 Å². The number of nitrogens with zero attached hydrogens (tertiary/aromatic N) is 7. The van der Waals surface area contributed by atoms with Gasteiger partial charge >= 0.3 is 12.1 Å². The van der Waals surface area contributed by atoms with E-state index in [1.165, 1.54) is 0 Å². The van der Waals surface area contributed by atoms with Gasteiger partial charge in [-0.15, -0.1) is 5.10 Å². The van der Waals surface area contributed by atoms with Crippen LogP contribution < -0.4 is 9.64 Å². The first-order valence-corrected chi connectivity index (χ1v) is 9.11. The third-order valence-corrected chi connectivity index (χ3v) is 4.13. The molecule has 164 valence electrons. The third kappa shape index (κ3) is 6.10. The molecule has 1 aliphatic heterocycles. The van der Waals surface area contributed by atoms with Crippen LogP contribution in [0, 0.1) is 0 Å². The first-order valence-electron chi connectivity index (χ1n) is 9.11. The fourth-order valence-electron chi connectivity index (χ4n) is 2.70. The maximum atomic E-state index is 10.6. The van der Waals surface area contributed by atoms with E-state index in [-0.39, 0.29) is 0 Å². The van der Waals surface area contributed by atoms with Gasteiger partial charge in [0.15, 0.2) is 0 Å². The zero-order valence-corrected chi connectivity index (χ0v) is 16.1. The number of aliphatic carboxylic acids is 1. The lowest BCUT2D eigenvalue weighted by Gasteiger charge is -2.19. The average Bonchev–Trinajstić information content (AvgIpc) is 3.01. The van der Waals surface area contributed by atoms with Gasteiger partial charge in [0.25, 0.3) is 0 Å². The summed E-state index contributed by atoms with van der Waals surface area (Å²) in [6.07, 6.45) is 1.10. The Bertz CT molecular complexity index is 984. The molecule has 31 heavy (non-hydrogen) atoms. The number of aromatic nitrogens is 6. The lowest BCUT2D eigenvalue weighted by atomic mass is 10.3. The molecule has 0 amide bonds. The van der Waals surface area contributed by atoms with Crippen molar-refractivity contribution in [3.05, 3.63) is 54.2 Å². The topological polar surface area (TPSA) is 119 Å². The highest BCUT2D eigenvalue weighted by Gasteiger charge is 2.38. The van der Waals surface area contributed by atoms with Crippen LogP contribution in [0.15, 0.2) is 42.9 Å². The SMILES string of the molecule is O=C(O)C(F)(F)F.c1ccc(OCc2nnn3c2CN(c2ncccn2)CCC3)nc1. The minimum Gasteiger partial charge on any atom is -0.475 e. The Morgan fingerprint density at radius 3 is 2.45 bits per heavy atom. The number of carbonyl (C=O) groups is 1. The number of halogens is 3. The number of hydrogen-bond acceptors (Lipinski definition) is 8. The van der Waals surface area contributed by atoms with Crippen LogP contribution in [0.3, 0.4) is 0 Å². The zero-order valence-electron chi connectivity index (χ0n) is 16.1. The van der Waals surface area contributed by atoms with E-state index >= 15 is 0 Å². The number of pyridine rings is 1. The zero-order chi connectivity index (χ0) is 22.3. The molecular weight excluding hydrogens is 419 g/mol. The lowest BCUT2D eigenvalue weighted by Crippen LogP contribution is -2.25. The number of aryl methyl sites for hydroxylation is 1. The summed E-state index contributed by atoms with van der Waals surface area (Å²) in [6.45, 7) is 2.72. The maximum absolute atomic E-state index is 10.6. The molecule has 1 aliphatic rings. The number of alkyl halides is 3. The lowest BCUT2D eigenvalue weighted by molar-refractivity contribution is -0.192. The highest BCUT2D eigenvalue weighted by atomic mass is 19.4. The molecule has 1 N–H and O–H groups in total. The quantitative estimate of drug-likeness (QED) is 0.654. The van der Waals surface area contributed by atoms with Crippen molar-refractivity contribution in [3.8, 4) is 5.88 Å². The van der Waals surface area contributed by atoms with Crippen LogP contribution in [0.5, 0.6) is 5.88 Å². The molecule has 13 heteroatoms. The molecule has 0 aliphatic carbocycles. The smallest absolute Gasteiger partial charge is 0.475 e. The Labute approximate surface area is 174 Å². The predicted molar refractivity (Wildman–Crippen MR) is 100.0 cm³/mol. The van der Waals surface area contributed by atoms with Gasteiger partial charge in [0.2, 0.25) is 11.8 Å². The normalized spacial score (nSPS) is 13.5. The van der Waals surface area contributed by atoms with Gasteiger partial charge in [0.1, 0.15) is 12.3 Å². The number of fused-ring (bicyclic) bond motifs is 1. The maximum Gasteiger partial charge on any atom is 0.490 e. The van der Waals surface area contributed by atoms with Crippen LogP contribution in [0.1, 0.15) is 17.8 Å². The highest BCUT2D eigenvalue weighted by Crippen LogP contribution is 2.19. The summed E-state index contributed by atoms with van der Waals surface area (Å²) in [7, 11) is 0. The molecule has 0 fully saturated rings. The summed E-state index contributed by atoms with van der Waals surface area (Å²) in [6, 6.07) is 7.39. The van der Waals surface area contributed by atoms with Crippen molar-refractivity contribution in [2.75, 3.05) is 11.4 Å². The standard InChI is InChI=1S/C16H17N7O.C2HF3O2/c1-2-6-17-15(5-1)24-12-13-14-11-22(16-18-7-3-8-19-16)9-4-10-23(14)21-20-13;3-2(4,5)1(6)7/h1-3,5-8H,4,9-12H2;(H,6,7). The fraction of sp³-hybridized carbons (Fsp3) is 0.333. The Hall–Kier alpha value is -3.77. The van der Waals surface area contributed by atoms with E-state index in [1.54, 1.807) is 18.6 Å². The fourth-order valence-corrected chi connectivity index (χ4v) is 2.70. The van der Waals surface area contributed by atoms with E-state index in [2.05, 4.69) is 30.2 Å². The number of carboxylic acid groups (broad SMARTS) is 1. The molecule has 4 rings (SSSR count). The van der Waals surface area contributed by atoms with E-state index in [0.717, 1.165) is 36.8 Å². The van der Waals surface area contributed by atoms with Gasteiger partial charge in [0, 0.05) is 37.7 Å². The van der Waals surface area contributed by atoms with Crippen LogP contribution in [0.25, 0.3) is 0 Å². The average molecular weight is 437 g/mol. The highest BCUT2D eigenvalue weighted by molar-refractivity contribution is 5.73. The predicted octanol–water partition coefficient (Wildman–Crippen LogP) is 2.09. The Morgan fingerprint density at radius 1 is 1.10 bits per heavy atom. The third-order valence-electron chi connectivity index (χ3n) is 4.13. The van der Waals surface area contributed by atoms with Crippen molar-refractivity contribution in [1.82, 2.24) is 29.9 Å². The van der Waals surface area contributed by atoms with Crippen LogP contribution >= 0.6 is 0 Å². The Balaban J connectivity index is 0.000000339. The van der Waals surface area contributed by atoms with Crippen molar-refractivity contribution < 1.29 is 27.8 Å². The summed E-state index contributed by atoms with van der Waals surface area (Å²) in [5, 5.41) is 15.7. The minimum absolute atomic E-state index is 0.343. The van der Waals surface area contributed by atoms with Gasteiger partial charge in [-0.05, 0) is 18.6 Å². The molecule has 4 heterocycles. The molecule has 0 radical (unpaired) electrons. The molecule has 10 nitrogen and oxygen atoms in total. The number of ether oxygens (including phenoxy) is 1. The summed E-state index contributed by atoms with van der Waals surface area (Å²) in [5.74, 6) is -1.45. The van der Waals surface area contributed by atoms with Crippen molar-refractivity contribution in [2.45, 2.75) is 32.3 Å². The largest absolute Gasteiger partial charge is 0.490 e. The molecule has 0 saturated carbocycles. The summed E-state index contributed by atoms with van der Waals surface area (Å²) < 4.78 is 39.4. The van der Waals surface area contributed by atoms with Crippen molar-refractivity contribution in [3.63, 3.8) is 0 Å². The van der Waals surface area contributed by atoms with Crippen molar-refractivity contribution in [2.24, 2.45) is 0 Å². The second-order valence-corrected chi connectivity index (χ2v) is 6.29. The molecule has 3 aromatic heterocycles. The number of rotatable bonds is 4. The van der Waals surface area contributed by atoms with Gasteiger partial charge in [-0.3, -0.25) is 0 Å². The van der Waals surface area contributed by atoms with Gasteiger partial charge in [-0.25, -0.2) is 24.4 Å². The van der Waals surface area contributed by atoms with E-state index in [4.69, 9.17) is 14.6 Å². The van der Waals surface area contributed by atoms with Crippen LogP contribution in [-0.2, 0) is 24.5 Å². The molecule has 0 bridgehead atoms. The van der Waals surface area contributed by atoms with Crippen molar-refractivity contribution >= 4 is 11.9 Å². The van der Waals surface area contributed by atoms with Crippen molar-refractivity contribution in [1.29, 1.82) is 0 Å². The van der Waals surface area contributed by atoms with E-state index < -0.39 is 12.1 Å². The molecule has 0 spiro atoms. The molecule has 3 aromatic rings. The second-order valence-electron chi connectivity index (χ2n) is 6.29. The molecule has 0 saturated heterocycles. The van der Waals surface area contributed by atoms with E-state index in [0.29, 0.717) is 19.0 Å². The van der Waals surface area contributed by atoms with Gasteiger partial charge in [-0.2, -0.15) is 13.2 Å². The Morgan fingerprint density at radius 2 is 1.81 bits per heavy atom. The van der Waals surface area contributed by atoms with Gasteiger partial charge < -0.3 is 14.7 Å². The minimum atomic E-state index is -5.08. The summed E-state index contributed by atoms with van der Waals surface area (Å²) in [4.78, 5) is 23.9. The molecule has 0 unspecified atom stereocenters. The summed E-state index contributed by atoms with van der Waals surface area (Å²) >= 11 is 0. The summed E-state index contributed by atoms with van der Waals surface area (Å²) in [5.41, 5.74) is 1.86. The first kappa shape index (κ1) is 21.9. The number of carboxylic acids is 1. The van der Waals surface area contributed by atoms with Gasteiger partial charge in [-0.1, -0.05) is 11.3 Å². The number of anilines is 1. The molecular formula is C18H18F3N7O3. The number of hydrogen-bond donors (Lipinski definition) is 1. The molecule has 0 aromatic carbocycles. The molecule has 0 atom stereocenters. The van der Waals surface area contributed by atoms with Crippen LogP contribution in [0.4, 0.5) is 19.1 Å². The van der Waals surface area contributed by atoms with E-state index in [1.807, 2.05) is 28.9 Å².